The zero-order chi connectivity index (χ0) is 25.0. The molecule has 0 saturated carbocycles. The van der Waals surface area contributed by atoms with E-state index in [4.69, 9.17) is 14.5 Å². The summed E-state index contributed by atoms with van der Waals surface area (Å²) in [6.45, 7) is 7.80. The summed E-state index contributed by atoms with van der Waals surface area (Å²) >= 11 is 0. The fourth-order valence-corrected chi connectivity index (χ4v) is 3.92. The molecule has 1 aliphatic rings. The first-order valence-corrected chi connectivity index (χ1v) is 11.7. The number of amides is 1. The number of ether oxygens (including phenoxy) is 2. The van der Waals surface area contributed by atoms with Crippen LogP contribution in [0.3, 0.4) is 0 Å². The Balaban J connectivity index is 1.58. The van der Waals surface area contributed by atoms with Gasteiger partial charge in [-0.05, 0) is 45.7 Å². The molecular weight excluding hydrogens is 453 g/mol. The average Bonchev–Trinajstić information content (AvgIpc) is 3.21. The van der Waals surface area contributed by atoms with Crippen molar-refractivity contribution in [2.45, 2.75) is 45.3 Å². The number of carbonyl (C=O) groups is 1. The summed E-state index contributed by atoms with van der Waals surface area (Å²) in [7, 11) is 1.63. The summed E-state index contributed by atoms with van der Waals surface area (Å²) in [5, 5.41) is 6.68. The first-order chi connectivity index (χ1) is 16.7. The number of hydrogen-bond donors (Lipinski definition) is 2. The normalized spacial score (nSPS) is 16.4. The molecule has 1 amide bonds. The van der Waals surface area contributed by atoms with E-state index in [1.807, 2.05) is 26.8 Å². The van der Waals surface area contributed by atoms with E-state index < -0.39 is 5.60 Å². The summed E-state index contributed by atoms with van der Waals surface area (Å²) in [6, 6.07) is 4.77. The Morgan fingerprint density at radius 3 is 2.83 bits per heavy atom. The van der Waals surface area contributed by atoms with Gasteiger partial charge in [-0.2, -0.15) is 0 Å². The van der Waals surface area contributed by atoms with Crippen LogP contribution in [-0.2, 0) is 9.47 Å². The maximum Gasteiger partial charge on any atom is 0.410 e. The average molecular weight is 486 g/mol. The Labute approximate surface area is 203 Å². The Morgan fingerprint density at radius 1 is 1.26 bits per heavy atom. The van der Waals surface area contributed by atoms with Crippen LogP contribution in [0, 0.1) is 5.82 Å². The van der Waals surface area contributed by atoms with E-state index in [-0.39, 0.29) is 18.0 Å². The lowest BCUT2D eigenvalue weighted by atomic mass is 10.1. The molecule has 1 fully saturated rings. The smallest absolute Gasteiger partial charge is 0.410 e. The second kappa shape index (κ2) is 10.4. The largest absolute Gasteiger partial charge is 0.444 e. The predicted octanol–water partition coefficient (Wildman–Crippen LogP) is 3.80. The highest BCUT2D eigenvalue weighted by molar-refractivity contribution is 5.68. The first-order valence-electron chi connectivity index (χ1n) is 11.7. The van der Waals surface area contributed by atoms with Crippen molar-refractivity contribution in [1.82, 2.24) is 24.3 Å². The van der Waals surface area contributed by atoms with Gasteiger partial charge < -0.3 is 25.0 Å². The summed E-state index contributed by atoms with van der Waals surface area (Å²) < 4.78 is 26.2. The Kier molecular flexibility index (Phi) is 7.34. The van der Waals surface area contributed by atoms with Crippen LogP contribution in [0.1, 0.15) is 33.6 Å². The Hall–Kier alpha value is -3.47. The van der Waals surface area contributed by atoms with Crippen LogP contribution in [0.5, 0.6) is 0 Å². The maximum atomic E-state index is 13.9. The number of rotatable bonds is 7. The summed E-state index contributed by atoms with van der Waals surface area (Å²) in [6.07, 6.45) is 4.39. The van der Waals surface area contributed by atoms with Crippen molar-refractivity contribution in [3.63, 3.8) is 0 Å². The van der Waals surface area contributed by atoms with Crippen molar-refractivity contribution >= 4 is 23.4 Å². The van der Waals surface area contributed by atoms with Gasteiger partial charge in [0.25, 0.3) is 0 Å². The van der Waals surface area contributed by atoms with Crippen molar-refractivity contribution in [2.75, 3.05) is 44.0 Å². The monoisotopic (exact) mass is 485 g/mol. The van der Waals surface area contributed by atoms with Gasteiger partial charge in [0.15, 0.2) is 5.82 Å². The van der Waals surface area contributed by atoms with Crippen molar-refractivity contribution in [2.24, 2.45) is 0 Å². The number of imidazole rings is 1. The number of piperidine rings is 1. The van der Waals surface area contributed by atoms with E-state index in [2.05, 4.69) is 20.6 Å². The molecule has 3 aromatic heterocycles. The van der Waals surface area contributed by atoms with Gasteiger partial charge in [-0.25, -0.2) is 24.1 Å². The highest BCUT2D eigenvalue weighted by Gasteiger charge is 2.28. The molecule has 1 unspecified atom stereocenters. The Morgan fingerprint density at radius 2 is 2.06 bits per heavy atom. The standard InChI is InChI=1S/C24H32FN7O3/c1-24(2,3)35-23(33)31-10-5-6-17(15-31)28-20-12-19(26-9-11-34-4)29-22(30-20)18-13-27-21-8-7-16(25)14-32(18)21/h7-8,12-14,17H,5-6,9-11,15H2,1-4H3,(H2,26,28,29,30). The predicted molar refractivity (Wildman–Crippen MR) is 131 cm³/mol. The fourth-order valence-electron chi connectivity index (χ4n) is 3.92. The van der Waals surface area contributed by atoms with Crippen molar-refractivity contribution in [1.29, 1.82) is 0 Å². The van der Waals surface area contributed by atoms with Crippen molar-refractivity contribution in [3.05, 3.63) is 36.4 Å². The van der Waals surface area contributed by atoms with Gasteiger partial charge in [0.1, 0.15) is 34.4 Å². The molecule has 1 aliphatic heterocycles. The van der Waals surface area contributed by atoms with Gasteiger partial charge >= 0.3 is 6.09 Å². The molecule has 11 heteroatoms. The molecule has 35 heavy (non-hydrogen) atoms. The van der Waals surface area contributed by atoms with Crippen LogP contribution in [0.25, 0.3) is 17.2 Å². The Bertz CT molecular complexity index is 1180. The van der Waals surface area contributed by atoms with E-state index in [1.54, 1.807) is 28.7 Å². The molecule has 4 rings (SSSR count). The molecule has 10 nitrogen and oxygen atoms in total. The number of nitrogens with zero attached hydrogens (tertiary/aromatic N) is 5. The SMILES string of the molecule is COCCNc1cc(NC2CCCN(C(=O)OC(C)(C)C)C2)nc(-c2cnc3ccc(F)cn23)n1. The van der Waals surface area contributed by atoms with Gasteiger partial charge in [0, 0.05) is 45.0 Å². The number of fused-ring (bicyclic) bond motifs is 1. The molecule has 4 heterocycles. The lowest BCUT2D eigenvalue weighted by Gasteiger charge is -2.34. The van der Waals surface area contributed by atoms with Crippen LogP contribution in [-0.4, -0.2) is 75.3 Å². The van der Waals surface area contributed by atoms with E-state index in [0.717, 1.165) is 12.8 Å². The van der Waals surface area contributed by atoms with Gasteiger partial charge in [0.2, 0.25) is 0 Å². The molecule has 0 aliphatic carbocycles. The third-order valence-corrected chi connectivity index (χ3v) is 5.46. The molecule has 188 valence electrons. The van der Waals surface area contributed by atoms with Crippen LogP contribution >= 0.6 is 0 Å². The molecule has 0 bridgehead atoms. The number of carbonyl (C=O) groups excluding carboxylic acids is 1. The van der Waals surface area contributed by atoms with Gasteiger partial charge in [-0.15, -0.1) is 0 Å². The minimum atomic E-state index is -0.546. The highest BCUT2D eigenvalue weighted by atomic mass is 19.1. The fraction of sp³-hybridized carbons (Fsp3) is 0.500. The molecular formula is C24H32FN7O3. The number of halogens is 1. The van der Waals surface area contributed by atoms with Gasteiger partial charge in [-0.1, -0.05) is 0 Å². The topological polar surface area (TPSA) is 106 Å². The van der Waals surface area contributed by atoms with Crippen LogP contribution in [0.2, 0.25) is 0 Å². The van der Waals surface area contributed by atoms with Gasteiger partial charge in [-0.3, -0.25) is 4.40 Å². The molecule has 0 spiro atoms. The zero-order valence-corrected chi connectivity index (χ0v) is 20.5. The molecule has 3 aromatic rings. The minimum Gasteiger partial charge on any atom is -0.444 e. The number of hydrogen-bond acceptors (Lipinski definition) is 8. The number of nitrogens with one attached hydrogen (secondary N) is 2. The summed E-state index contributed by atoms with van der Waals surface area (Å²) in [5.74, 6) is 1.21. The van der Waals surface area contributed by atoms with Crippen molar-refractivity contribution < 1.29 is 18.7 Å². The highest BCUT2D eigenvalue weighted by Crippen LogP contribution is 2.24. The molecule has 2 N–H and O–H groups in total. The second-order valence-corrected chi connectivity index (χ2v) is 9.51. The second-order valence-electron chi connectivity index (χ2n) is 9.51. The number of methoxy groups -OCH3 is 1. The van der Waals surface area contributed by atoms with E-state index in [9.17, 15) is 9.18 Å². The van der Waals surface area contributed by atoms with Crippen molar-refractivity contribution in [3.8, 4) is 11.5 Å². The molecule has 0 radical (unpaired) electrons. The van der Waals surface area contributed by atoms with Crippen LogP contribution in [0.15, 0.2) is 30.6 Å². The van der Waals surface area contributed by atoms with Crippen LogP contribution in [0.4, 0.5) is 20.8 Å². The lowest BCUT2D eigenvalue weighted by Crippen LogP contribution is -2.47. The van der Waals surface area contributed by atoms with Gasteiger partial charge in [0.05, 0.1) is 12.8 Å². The number of likely N-dealkylation sites (tertiary alicyclic amines) is 1. The number of pyridine rings is 1. The molecule has 0 aromatic carbocycles. The van der Waals surface area contributed by atoms with Crippen LogP contribution < -0.4 is 10.6 Å². The maximum absolute atomic E-state index is 13.9. The zero-order valence-electron chi connectivity index (χ0n) is 20.5. The summed E-state index contributed by atoms with van der Waals surface area (Å²) in [4.78, 5) is 27.9. The molecule has 1 saturated heterocycles. The third-order valence-electron chi connectivity index (χ3n) is 5.46. The molecule has 1 atom stereocenters. The minimum absolute atomic E-state index is 0.00882. The number of anilines is 2. The van der Waals surface area contributed by atoms with E-state index in [0.29, 0.717) is 55.0 Å². The quantitative estimate of drug-likeness (QED) is 0.487. The number of aromatic nitrogens is 4. The summed E-state index contributed by atoms with van der Waals surface area (Å²) in [5.41, 5.74) is 0.615. The first kappa shape index (κ1) is 24.6. The lowest BCUT2D eigenvalue weighted by molar-refractivity contribution is 0.0206. The van der Waals surface area contributed by atoms with E-state index in [1.165, 1.54) is 12.3 Å². The third kappa shape index (κ3) is 6.36. The van der Waals surface area contributed by atoms with E-state index >= 15 is 0 Å².